The Bertz CT molecular complexity index is 807. The Morgan fingerprint density at radius 3 is 2.62 bits per heavy atom. The Morgan fingerprint density at radius 1 is 1.14 bits per heavy atom. The zero-order chi connectivity index (χ0) is 14.8. The summed E-state index contributed by atoms with van der Waals surface area (Å²) in [5.74, 6) is 0.346. The summed E-state index contributed by atoms with van der Waals surface area (Å²) >= 11 is 3.10. The van der Waals surface area contributed by atoms with Gasteiger partial charge in [-0.1, -0.05) is 18.2 Å². The molecular weight excluding hydrogens is 337 g/mol. The van der Waals surface area contributed by atoms with E-state index >= 15 is 0 Å². The molecule has 0 spiro atoms. The van der Waals surface area contributed by atoms with Crippen LogP contribution in [0.2, 0.25) is 0 Å². The van der Waals surface area contributed by atoms with Gasteiger partial charge in [0.15, 0.2) is 0 Å². The molecule has 1 N–H and O–H groups in total. The summed E-state index contributed by atoms with van der Waals surface area (Å²) in [6.07, 6.45) is 1.56. The average Bonchev–Trinajstić information content (AvgIpc) is 2.51. The van der Waals surface area contributed by atoms with Crippen LogP contribution in [0.25, 0.3) is 10.8 Å². The van der Waals surface area contributed by atoms with Gasteiger partial charge in [-0.05, 0) is 39.5 Å². The van der Waals surface area contributed by atoms with Crippen LogP contribution in [0.3, 0.4) is 0 Å². The molecule has 5 heteroatoms. The Labute approximate surface area is 129 Å². The molecule has 0 aliphatic rings. The highest BCUT2D eigenvalue weighted by molar-refractivity contribution is 9.10. The summed E-state index contributed by atoms with van der Waals surface area (Å²) < 4.78 is 19.6. The predicted molar refractivity (Wildman–Crippen MR) is 81.8 cm³/mol. The lowest BCUT2D eigenvalue weighted by Crippen LogP contribution is -1.94. The molecule has 0 radical (unpaired) electrons. The number of ether oxygens (including phenoxy) is 1. The molecule has 0 atom stereocenters. The van der Waals surface area contributed by atoms with Crippen molar-refractivity contribution in [1.82, 2.24) is 4.98 Å². The van der Waals surface area contributed by atoms with Crippen molar-refractivity contribution in [2.75, 3.05) is 0 Å². The molecule has 0 saturated heterocycles. The lowest BCUT2D eigenvalue weighted by molar-refractivity contribution is 0.283. The van der Waals surface area contributed by atoms with E-state index in [4.69, 9.17) is 4.74 Å². The summed E-state index contributed by atoms with van der Waals surface area (Å²) in [5.41, 5.74) is 0.722. The molecule has 106 valence electrons. The Morgan fingerprint density at radius 2 is 1.90 bits per heavy atom. The monoisotopic (exact) mass is 347 g/mol. The van der Waals surface area contributed by atoms with E-state index in [1.807, 2.05) is 24.3 Å². The maximum atomic E-state index is 13.5. The topological polar surface area (TPSA) is 42.4 Å². The van der Waals surface area contributed by atoms with Crippen molar-refractivity contribution in [1.29, 1.82) is 0 Å². The van der Waals surface area contributed by atoms with Gasteiger partial charge in [0, 0.05) is 23.2 Å². The number of fused-ring (bicyclic) bond motifs is 1. The van der Waals surface area contributed by atoms with Crippen LogP contribution in [0.5, 0.6) is 11.6 Å². The number of aliphatic hydroxyl groups is 1. The number of rotatable bonds is 3. The molecule has 0 aliphatic carbocycles. The minimum atomic E-state index is -0.399. The third kappa shape index (κ3) is 2.75. The Balaban J connectivity index is 2.06. The maximum Gasteiger partial charge on any atom is 0.227 e. The van der Waals surface area contributed by atoms with Gasteiger partial charge in [0.05, 0.1) is 11.1 Å². The molecule has 2 aromatic carbocycles. The molecule has 0 bridgehead atoms. The van der Waals surface area contributed by atoms with Crippen LogP contribution in [-0.2, 0) is 6.61 Å². The quantitative estimate of drug-likeness (QED) is 0.762. The van der Waals surface area contributed by atoms with Crippen molar-refractivity contribution in [3.8, 4) is 11.6 Å². The largest absolute Gasteiger partial charge is 0.438 e. The number of hydrogen-bond donors (Lipinski definition) is 1. The summed E-state index contributed by atoms with van der Waals surface area (Å²) in [5, 5.41) is 11.0. The summed E-state index contributed by atoms with van der Waals surface area (Å²) in [6, 6.07) is 12.0. The van der Waals surface area contributed by atoms with Crippen LogP contribution >= 0.6 is 15.9 Å². The second kappa shape index (κ2) is 5.79. The fourth-order valence-electron chi connectivity index (χ4n) is 2.08. The Kier molecular flexibility index (Phi) is 3.86. The molecule has 3 rings (SSSR count). The number of halogens is 2. The van der Waals surface area contributed by atoms with Gasteiger partial charge in [-0.3, -0.25) is 0 Å². The van der Waals surface area contributed by atoms with Gasteiger partial charge in [-0.2, -0.15) is 0 Å². The molecule has 1 aromatic heterocycles. The first-order chi connectivity index (χ1) is 10.2. The predicted octanol–water partition coefficient (Wildman–Crippen LogP) is 4.42. The fraction of sp³-hybridized carbons (Fsp3) is 0.0625. The highest BCUT2D eigenvalue weighted by Crippen LogP contribution is 2.31. The molecule has 0 aliphatic heterocycles. The first-order valence-electron chi connectivity index (χ1n) is 6.29. The van der Waals surface area contributed by atoms with Crippen LogP contribution in [0.1, 0.15) is 5.56 Å². The fourth-order valence-corrected chi connectivity index (χ4v) is 2.33. The molecule has 0 unspecified atom stereocenters. The molecule has 3 aromatic rings. The number of pyridine rings is 1. The molecular formula is C16H11BrFNO2. The number of nitrogens with zero attached hydrogens (tertiary/aromatic N) is 1. The van der Waals surface area contributed by atoms with E-state index in [-0.39, 0.29) is 6.61 Å². The molecule has 21 heavy (non-hydrogen) atoms. The molecule has 3 nitrogen and oxygen atoms in total. The molecule has 1 heterocycles. The van der Waals surface area contributed by atoms with E-state index in [1.54, 1.807) is 18.3 Å². The zero-order valence-corrected chi connectivity index (χ0v) is 12.5. The maximum absolute atomic E-state index is 13.5. The van der Waals surface area contributed by atoms with Gasteiger partial charge >= 0.3 is 0 Å². The van der Waals surface area contributed by atoms with Crippen molar-refractivity contribution in [2.24, 2.45) is 0 Å². The first-order valence-corrected chi connectivity index (χ1v) is 7.08. The van der Waals surface area contributed by atoms with Crippen LogP contribution in [-0.4, -0.2) is 10.1 Å². The molecule has 0 fully saturated rings. The smallest absolute Gasteiger partial charge is 0.227 e. The van der Waals surface area contributed by atoms with Crippen molar-refractivity contribution in [3.05, 3.63) is 64.5 Å². The van der Waals surface area contributed by atoms with E-state index in [2.05, 4.69) is 20.9 Å². The van der Waals surface area contributed by atoms with E-state index in [9.17, 15) is 9.50 Å². The van der Waals surface area contributed by atoms with Gasteiger partial charge in [0.25, 0.3) is 0 Å². The second-order valence-corrected chi connectivity index (χ2v) is 5.32. The Hall–Kier alpha value is -1.98. The normalized spacial score (nSPS) is 10.8. The molecule has 0 amide bonds. The van der Waals surface area contributed by atoms with Gasteiger partial charge < -0.3 is 9.84 Å². The van der Waals surface area contributed by atoms with Crippen LogP contribution in [0.4, 0.5) is 4.39 Å². The standard InChI is InChI=1S/C16H11BrFNO2/c17-14-6-5-11(7-15(14)18)21-16-13-4-2-1-3-12(13)10(9-20)8-19-16/h1-8,20H,9H2. The van der Waals surface area contributed by atoms with E-state index < -0.39 is 5.82 Å². The molecule has 0 saturated carbocycles. The minimum absolute atomic E-state index is 0.0965. The minimum Gasteiger partial charge on any atom is -0.438 e. The second-order valence-electron chi connectivity index (χ2n) is 4.47. The van der Waals surface area contributed by atoms with E-state index in [0.29, 0.717) is 16.1 Å². The summed E-state index contributed by atoms with van der Waals surface area (Å²) in [6.45, 7) is -0.0965. The van der Waals surface area contributed by atoms with E-state index in [0.717, 1.165) is 16.3 Å². The van der Waals surface area contributed by atoms with Crippen molar-refractivity contribution >= 4 is 26.7 Å². The highest BCUT2D eigenvalue weighted by atomic mass is 79.9. The highest BCUT2D eigenvalue weighted by Gasteiger charge is 2.09. The average molecular weight is 348 g/mol. The van der Waals surface area contributed by atoms with Crippen molar-refractivity contribution in [3.63, 3.8) is 0 Å². The number of aliphatic hydroxyl groups excluding tert-OH is 1. The lowest BCUT2D eigenvalue weighted by atomic mass is 10.1. The van der Waals surface area contributed by atoms with Gasteiger partial charge in [0.2, 0.25) is 5.88 Å². The van der Waals surface area contributed by atoms with Crippen LogP contribution in [0, 0.1) is 5.82 Å². The van der Waals surface area contributed by atoms with E-state index in [1.165, 1.54) is 6.07 Å². The summed E-state index contributed by atoms with van der Waals surface area (Å²) in [4.78, 5) is 4.21. The SMILES string of the molecule is OCc1cnc(Oc2ccc(Br)c(F)c2)c2ccccc12. The van der Waals surface area contributed by atoms with Gasteiger partial charge in [-0.25, -0.2) is 9.37 Å². The first kappa shape index (κ1) is 14.0. The third-order valence-electron chi connectivity index (χ3n) is 3.12. The van der Waals surface area contributed by atoms with Crippen LogP contribution in [0.15, 0.2) is 53.1 Å². The van der Waals surface area contributed by atoms with Crippen LogP contribution < -0.4 is 4.74 Å². The van der Waals surface area contributed by atoms with Gasteiger partial charge in [0.1, 0.15) is 11.6 Å². The third-order valence-corrected chi connectivity index (χ3v) is 3.76. The number of benzene rings is 2. The summed E-state index contributed by atoms with van der Waals surface area (Å²) in [7, 11) is 0. The lowest BCUT2D eigenvalue weighted by Gasteiger charge is -2.10. The number of hydrogen-bond acceptors (Lipinski definition) is 3. The van der Waals surface area contributed by atoms with Crippen molar-refractivity contribution in [2.45, 2.75) is 6.61 Å². The van der Waals surface area contributed by atoms with Gasteiger partial charge in [-0.15, -0.1) is 0 Å². The number of aromatic nitrogens is 1. The van der Waals surface area contributed by atoms with Crippen molar-refractivity contribution < 1.29 is 14.2 Å². The zero-order valence-electron chi connectivity index (χ0n) is 10.9.